The number of hydrogen-bond acceptors (Lipinski definition) is 3. The monoisotopic (exact) mass is 378 g/mol. The Balaban J connectivity index is 2.08. The lowest BCUT2D eigenvalue weighted by Gasteiger charge is -2.21. The van der Waals surface area contributed by atoms with E-state index >= 15 is 0 Å². The van der Waals surface area contributed by atoms with Gasteiger partial charge in [-0.15, -0.1) is 0 Å². The number of alkyl halides is 3. The third kappa shape index (κ3) is 5.40. The van der Waals surface area contributed by atoms with Crippen molar-refractivity contribution < 1.29 is 27.6 Å². The number of carbonyl (C=O) groups excluding carboxylic acids is 3. The Kier molecular flexibility index (Phi) is 5.99. The highest BCUT2D eigenvalue weighted by Crippen LogP contribution is 2.29. The number of nitrogens with one attached hydrogen (secondary N) is 1. The third-order valence-electron chi connectivity index (χ3n) is 3.76. The molecule has 27 heavy (non-hydrogen) atoms. The minimum atomic E-state index is -4.46. The maximum atomic E-state index is 12.6. The normalized spacial score (nSPS) is 11.0. The molecule has 0 saturated carbocycles. The predicted octanol–water partition coefficient (Wildman–Crippen LogP) is 3.90. The van der Waals surface area contributed by atoms with Crippen LogP contribution in [0.2, 0.25) is 0 Å². The highest BCUT2D eigenvalue weighted by molar-refractivity contribution is 6.02. The molecule has 0 saturated heterocycles. The van der Waals surface area contributed by atoms with Crippen molar-refractivity contribution in [3.63, 3.8) is 0 Å². The average molecular weight is 378 g/mol. The molecule has 2 amide bonds. The molecule has 5 nitrogen and oxygen atoms in total. The van der Waals surface area contributed by atoms with Gasteiger partial charge in [-0.25, -0.2) is 0 Å². The van der Waals surface area contributed by atoms with Gasteiger partial charge in [-0.3, -0.25) is 14.4 Å². The van der Waals surface area contributed by atoms with Gasteiger partial charge in [-0.05, 0) is 55.5 Å². The van der Waals surface area contributed by atoms with E-state index in [0.717, 1.165) is 24.3 Å². The van der Waals surface area contributed by atoms with Crippen LogP contribution in [0.15, 0.2) is 48.5 Å². The van der Waals surface area contributed by atoms with E-state index in [1.54, 1.807) is 24.3 Å². The number of hydrogen-bond donors (Lipinski definition) is 1. The molecule has 0 aromatic heterocycles. The van der Waals surface area contributed by atoms with E-state index in [4.69, 9.17) is 0 Å². The summed E-state index contributed by atoms with van der Waals surface area (Å²) in [5.41, 5.74) is 0.256. The maximum Gasteiger partial charge on any atom is 0.416 e. The first kappa shape index (κ1) is 20.2. The van der Waals surface area contributed by atoms with Crippen molar-refractivity contribution in [3.8, 4) is 0 Å². The summed E-state index contributed by atoms with van der Waals surface area (Å²) in [5.74, 6) is -1.09. The van der Waals surface area contributed by atoms with Crippen LogP contribution in [-0.2, 0) is 15.8 Å². The topological polar surface area (TPSA) is 66.5 Å². The van der Waals surface area contributed by atoms with Gasteiger partial charge >= 0.3 is 6.18 Å². The Morgan fingerprint density at radius 1 is 0.926 bits per heavy atom. The summed E-state index contributed by atoms with van der Waals surface area (Å²) in [7, 11) is 0. The number of rotatable bonds is 5. The molecule has 2 aromatic rings. The van der Waals surface area contributed by atoms with Crippen molar-refractivity contribution >= 4 is 29.0 Å². The zero-order chi connectivity index (χ0) is 20.2. The van der Waals surface area contributed by atoms with Crippen LogP contribution in [0.5, 0.6) is 0 Å². The van der Waals surface area contributed by atoms with Crippen LogP contribution in [0.4, 0.5) is 24.5 Å². The molecule has 0 radical (unpaired) electrons. The molecule has 0 spiro atoms. The lowest BCUT2D eigenvalue weighted by atomic mass is 10.1. The van der Waals surface area contributed by atoms with Crippen LogP contribution in [0.25, 0.3) is 0 Å². The van der Waals surface area contributed by atoms with E-state index in [9.17, 15) is 27.6 Å². The molecule has 1 N–H and O–H groups in total. The summed E-state index contributed by atoms with van der Waals surface area (Å²) in [5, 5.41) is 2.45. The molecule has 2 aromatic carbocycles. The van der Waals surface area contributed by atoms with Crippen LogP contribution in [-0.4, -0.2) is 24.1 Å². The molecule has 0 unspecified atom stereocenters. The summed E-state index contributed by atoms with van der Waals surface area (Å²) >= 11 is 0. The smallest absolute Gasteiger partial charge is 0.325 e. The largest absolute Gasteiger partial charge is 0.416 e. The van der Waals surface area contributed by atoms with Crippen molar-refractivity contribution in [2.24, 2.45) is 0 Å². The number of Topliss-reactive ketones (excluding diaryl/α,β-unsaturated/α-hetero) is 1. The molecule has 0 atom stereocenters. The van der Waals surface area contributed by atoms with Gasteiger partial charge in [0, 0.05) is 23.9 Å². The molecule has 0 aliphatic heterocycles. The van der Waals surface area contributed by atoms with Gasteiger partial charge in [-0.1, -0.05) is 0 Å². The molecule has 8 heteroatoms. The van der Waals surface area contributed by atoms with Crippen molar-refractivity contribution in [2.45, 2.75) is 20.0 Å². The number of halogens is 3. The summed E-state index contributed by atoms with van der Waals surface area (Å²) in [6, 6.07) is 10.2. The maximum absolute atomic E-state index is 12.6. The Labute approximate surface area is 153 Å². The fourth-order valence-electron chi connectivity index (χ4n) is 2.35. The first-order chi connectivity index (χ1) is 12.6. The molecule has 0 aliphatic rings. The van der Waals surface area contributed by atoms with Crippen LogP contribution in [0.3, 0.4) is 0 Å². The minimum absolute atomic E-state index is 0.129. The Bertz CT molecular complexity index is 844. The fourth-order valence-corrected chi connectivity index (χ4v) is 2.35. The SMILES string of the molecule is CC(=O)c1ccc(N(CC(=O)Nc2ccc(C(F)(F)F)cc2)C(C)=O)cc1. The van der Waals surface area contributed by atoms with E-state index in [2.05, 4.69) is 5.32 Å². The first-order valence-electron chi connectivity index (χ1n) is 7.94. The molecule has 0 bridgehead atoms. The minimum Gasteiger partial charge on any atom is -0.325 e. The number of benzene rings is 2. The second kappa shape index (κ2) is 8.03. The van der Waals surface area contributed by atoms with Gasteiger partial charge in [0.1, 0.15) is 6.54 Å². The first-order valence-corrected chi connectivity index (χ1v) is 7.94. The highest BCUT2D eigenvalue weighted by atomic mass is 19.4. The molecule has 0 heterocycles. The molecule has 0 fully saturated rings. The van der Waals surface area contributed by atoms with Crippen LogP contribution in [0, 0.1) is 0 Å². The van der Waals surface area contributed by atoms with Crippen molar-refractivity contribution in [1.82, 2.24) is 0 Å². The van der Waals surface area contributed by atoms with Crippen molar-refractivity contribution in [3.05, 3.63) is 59.7 Å². The second-order valence-electron chi connectivity index (χ2n) is 5.83. The van der Waals surface area contributed by atoms with Gasteiger partial charge in [0.2, 0.25) is 11.8 Å². The summed E-state index contributed by atoms with van der Waals surface area (Å²) in [6.07, 6.45) is -4.46. The second-order valence-corrected chi connectivity index (χ2v) is 5.83. The van der Waals surface area contributed by atoms with E-state index in [1.807, 2.05) is 0 Å². The standard InChI is InChI=1S/C19H17F3N2O3/c1-12(25)14-3-9-17(10-4-14)24(13(2)26)11-18(27)23-16-7-5-15(6-8-16)19(20,21)22/h3-10H,11H2,1-2H3,(H,23,27). The number of amides is 2. The number of ketones is 1. The number of carbonyl (C=O) groups is 3. The van der Waals surface area contributed by atoms with Gasteiger partial charge in [0.15, 0.2) is 5.78 Å². The summed E-state index contributed by atoms with van der Waals surface area (Å²) in [4.78, 5) is 36.5. The molecule has 2 rings (SSSR count). The lowest BCUT2D eigenvalue weighted by molar-refractivity contribution is -0.137. The lowest BCUT2D eigenvalue weighted by Crippen LogP contribution is -2.36. The zero-order valence-electron chi connectivity index (χ0n) is 14.6. The Morgan fingerprint density at radius 2 is 1.48 bits per heavy atom. The van der Waals surface area contributed by atoms with E-state index < -0.39 is 23.6 Å². The summed E-state index contributed by atoms with van der Waals surface area (Å²) in [6.45, 7) is 2.37. The quantitative estimate of drug-likeness (QED) is 0.803. The number of nitrogens with zero attached hydrogens (tertiary/aromatic N) is 1. The third-order valence-corrected chi connectivity index (χ3v) is 3.76. The van der Waals surface area contributed by atoms with Gasteiger partial charge in [0.25, 0.3) is 0 Å². The van der Waals surface area contributed by atoms with Crippen molar-refractivity contribution in [1.29, 1.82) is 0 Å². The Hall–Kier alpha value is -3.16. The average Bonchev–Trinajstić information content (AvgIpc) is 2.59. The van der Waals surface area contributed by atoms with E-state index in [1.165, 1.54) is 18.7 Å². The fraction of sp³-hybridized carbons (Fsp3) is 0.211. The van der Waals surface area contributed by atoms with E-state index in [0.29, 0.717) is 11.3 Å². The highest BCUT2D eigenvalue weighted by Gasteiger charge is 2.30. The van der Waals surface area contributed by atoms with Crippen molar-refractivity contribution in [2.75, 3.05) is 16.8 Å². The molecular weight excluding hydrogens is 361 g/mol. The van der Waals surface area contributed by atoms with Crippen LogP contribution >= 0.6 is 0 Å². The Morgan fingerprint density at radius 3 is 1.93 bits per heavy atom. The zero-order valence-corrected chi connectivity index (χ0v) is 14.6. The van der Waals surface area contributed by atoms with Gasteiger partial charge in [0.05, 0.1) is 5.56 Å². The molecule has 142 valence electrons. The number of anilines is 2. The van der Waals surface area contributed by atoms with E-state index in [-0.39, 0.29) is 18.0 Å². The van der Waals surface area contributed by atoms with Crippen LogP contribution < -0.4 is 10.2 Å². The molecule has 0 aliphatic carbocycles. The molecular formula is C19H17F3N2O3. The predicted molar refractivity (Wildman–Crippen MR) is 94.5 cm³/mol. The van der Waals surface area contributed by atoms with Crippen LogP contribution in [0.1, 0.15) is 29.8 Å². The van der Waals surface area contributed by atoms with Gasteiger partial charge in [-0.2, -0.15) is 13.2 Å². The van der Waals surface area contributed by atoms with Gasteiger partial charge < -0.3 is 10.2 Å². The summed E-state index contributed by atoms with van der Waals surface area (Å²) < 4.78 is 37.7.